The maximum absolute atomic E-state index is 10.2. The number of carbonyl (C=O) groups excluding carboxylic acids is 1. The van der Waals surface area contributed by atoms with Crippen LogP contribution in [0.4, 0.5) is 0 Å². The van der Waals surface area contributed by atoms with E-state index in [0.29, 0.717) is 13.2 Å². The number of halogens is 1. The molecule has 1 aliphatic heterocycles. The maximum Gasteiger partial charge on any atom is 0.319 e. The first kappa shape index (κ1) is 13.3. The lowest BCUT2D eigenvalue weighted by Crippen LogP contribution is -2.13. The van der Waals surface area contributed by atoms with Crippen LogP contribution in [-0.2, 0) is 9.53 Å². The standard InChI is InChI=1S/C6H6O2S.C4H7BrO2/c1-2-8-6-4-9-3-5(6)7-1;1-3(5)4(6)7-2/h3-4H,1-2H2;3H,1-2H3. The van der Waals surface area contributed by atoms with Gasteiger partial charge in [0.2, 0.25) is 0 Å². The first-order valence-electron chi connectivity index (χ1n) is 4.69. The van der Waals surface area contributed by atoms with Crippen LogP contribution in [-0.4, -0.2) is 31.1 Å². The van der Waals surface area contributed by atoms with Gasteiger partial charge in [0.05, 0.1) is 7.11 Å². The summed E-state index contributed by atoms with van der Waals surface area (Å²) in [6, 6.07) is 0. The van der Waals surface area contributed by atoms with Crippen LogP contribution in [0, 0.1) is 0 Å². The molecular formula is C10H13BrO4S. The zero-order valence-electron chi connectivity index (χ0n) is 9.07. The van der Waals surface area contributed by atoms with Gasteiger partial charge < -0.3 is 14.2 Å². The molecule has 0 saturated heterocycles. The van der Waals surface area contributed by atoms with Gasteiger partial charge in [0, 0.05) is 10.8 Å². The van der Waals surface area contributed by atoms with Gasteiger partial charge in [-0.1, -0.05) is 15.9 Å². The fourth-order valence-electron chi connectivity index (χ4n) is 0.950. The molecule has 1 aromatic heterocycles. The molecule has 0 amide bonds. The normalized spacial score (nSPS) is 14.4. The van der Waals surface area contributed by atoms with Crippen LogP contribution in [0.25, 0.3) is 0 Å². The number of alkyl halides is 1. The van der Waals surface area contributed by atoms with Crippen molar-refractivity contribution in [1.82, 2.24) is 0 Å². The van der Waals surface area contributed by atoms with Crippen LogP contribution in [0.1, 0.15) is 6.92 Å². The molecule has 0 saturated carbocycles. The summed E-state index contributed by atoms with van der Waals surface area (Å²) in [6.45, 7) is 3.08. The summed E-state index contributed by atoms with van der Waals surface area (Å²) in [7, 11) is 1.36. The Hall–Kier alpha value is -0.750. The van der Waals surface area contributed by atoms with Gasteiger partial charge in [0.15, 0.2) is 11.5 Å². The Morgan fingerprint density at radius 2 is 1.94 bits per heavy atom. The molecule has 0 radical (unpaired) electrons. The summed E-state index contributed by atoms with van der Waals surface area (Å²) in [4.78, 5) is 10.1. The molecule has 0 fully saturated rings. The van der Waals surface area contributed by atoms with Gasteiger partial charge in [-0.15, -0.1) is 11.3 Å². The first-order chi connectivity index (χ1) is 7.65. The third-order valence-corrected chi connectivity index (χ3v) is 2.79. The Balaban J connectivity index is 0.000000168. The van der Waals surface area contributed by atoms with Crippen LogP contribution < -0.4 is 9.47 Å². The zero-order valence-corrected chi connectivity index (χ0v) is 11.5. The molecule has 16 heavy (non-hydrogen) atoms. The fraction of sp³-hybridized carbons (Fsp3) is 0.500. The van der Waals surface area contributed by atoms with Gasteiger partial charge in [0.25, 0.3) is 0 Å². The number of thiophene rings is 1. The highest BCUT2D eigenvalue weighted by Gasteiger charge is 2.10. The summed E-state index contributed by atoms with van der Waals surface area (Å²) < 4.78 is 14.8. The van der Waals surface area contributed by atoms with Gasteiger partial charge in [-0.3, -0.25) is 4.79 Å². The van der Waals surface area contributed by atoms with Crippen molar-refractivity contribution in [2.75, 3.05) is 20.3 Å². The van der Waals surface area contributed by atoms with E-state index in [4.69, 9.17) is 9.47 Å². The van der Waals surface area contributed by atoms with E-state index in [9.17, 15) is 4.79 Å². The molecule has 2 heterocycles. The minimum Gasteiger partial charge on any atom is -0.485 e. The van der Waals surface area contributed by atoms with E-state index in [-0.39, 0.29) is 10.8 Å². The summed E-state index contributed by atoms with van der Waals surface area (Å²) >= 11 is 4.63. The van der Waals surface area contributed by atoms with Crippen molar-refractivity contribution in [3.63, 3.8) is 0 Å². The number of esters is 1. The lowest BCUT2D eigenvalue weighted by molar-refractivity contribution is -0.139. The first-order valence-corrected chi connectivity index (χ1v) is 6.54. The number of methoxy groups -OCH3 is 1. The lowest BCUT2D eigenvalue weighted by atomic mass is 10.5. The molecule has 2 rings (SSSR count). The molecule has 1 aliphatic rings. The predicted molar refractivity (Wildman–Crippen MR) is 65.7 cm³/mol. The number of ether oxygens (including phenoxy) is 3. The number of fused-ring (bicyclic) bond motifs is 1. The summed E-state index contributed by atoms with van der Waals surface area (Å²) in [6.07, 6.45) is 0. The number of rotatable bonds is 1. The minimum atomic E-state index is -0.236. The predicted octanol–water partition coefficient (Wildman–Crippen LogP) is 2.46. The van der Waals surface area contributed by atoms with Crippen LogP contribution in [0.2, 0.25) is 0 Å². The molecule has 1 unspecified atom stereocenters. The van der Waals surface area contributed by atoms with Crippen LogP contribution in [0.15, 0.2) is 10.8 Å². The summed E-state index contributed by atoms with van der Waals surface area (Å²) in [5, 5.41) is 3.91. The maximum atomic E-state index is 10.2. The minimum absolute atomic E-state index is 0.183. The highest BCUT2D eigenvalue weighted by molar-refractivity contribution is 9.10. The Morgan fingerprint density at radius 1 is 1.44 bits per heavy atom. The van der Waals surface area contributed by atoms with Gasteiger partial charge in [-0.05, 0) is 6.92 Å². The van der Waals surface area contributed by atoms with Crippen molar-refractivity contribution in [2.45, 2.75) is 11.8 Å². The van der Waals surface area contributed by atoms with Gasteiger partial charge >= 0.3 is 5.97 Å². The third kappa shape index (κ3) is 4.02. The quantitative estimate of drug-likeness (QED) is 0.590. The molecule has 0 spiro atoms. The van der Waals surface area contributed by atoms with E-state index in [1.165, 1.54) is 7.11 Å². The Kier molecular flexibility index (Phi) is 5.62. The number of hydrogen-bond donors (Lipinski definition) is 0. The Morgan fingerprint density at radius 3 is 2.25 bits per heavy atom. The molecule has 0 bridgehead atoms. The third-order valence-electron chi connectivity index (χ3n) is 1.72. The van der Waals surface area contributed by atoms with E-state index in [2.05, 4.69) is 20.7 Å². The smallest absolute Gasteiger partial charge is 0.319 e. The highest BCUT2D eigenvalue weighted by atomic mass is 79.9. The van der Waals surface area contributed by atoms with Gasteiger partial charge in [-0.2, -0.15) is 0 Å². The van der Waals surface area contributed by atoms with Crippen LogP contribution in [0.3, 0.4) is 0 Å². The second kappa shape index (κ2) is 6.75. The van der Waals surface area contributed by atoms with E-state index >= 15 is 0 Å². The number of hydrogen-bond acceptors (Lipinski definition) is 5. The molecule has 6 heteroatoms. The SMILES string of the molecule is COC(=O)C(C)Br.c1scc2c1OCCO2. The highest BCUT2D eigenvalue weighted by Crippen LogP contribution is 2.33. The second-order valence-electron chi connectivity index (χ2n) is 2.94. The topological polar surface area (TPSA) is 44.8 Å². The summed E-state index contributed by atoms with van der Waals surface area (Å²) in [5.74, 6) is 1.55. The van der Waals surface area contributed by atoms with E-state index in [0.717, 1.165) is 11.5 Å². The summed E-state index contributed by atoms with van der Waals surface area (Å²) in [5.41, 5.74) is 0. The van der Waals surface area contributed by atoms with Crippen molar-refractivity contribution in [3.8, 4) is 11.5 Å². The fourth-order valence-corrected chi connectivity index (χ4v) is 1.82. The lowest BCUT2D eigenvalue weighted by Gasteiger charge is -2.13. The molecule has 1 aromatic rings. The molecule has 0 aliphatic carbocycles. The Bertz CT molecular complexity index is 317. The second-order valence-corrected chi connectivity index (χ2v) is 5.05. The van der Waals surface area contributed by atoms with Crippen LogP contribution >= 0.6 is 27.3 Å². The average Bonchev–Trinajstić information content (AvgIpc) is 2.76. The van der Waals surface area contributed by atoms with Gasteiger partial charge in [0.1, 0.15) is 18.0 Å². The largest absolute Gasteiger partial charge is 0.485 e. The van der Waals surface area contributed by atoms with Crippen LogP contribution in [0.5, 0.6) is 11.5 Å². The molecule has 90 valence electrons. The van der Waals surface area contributed by atoms with Crippen molar-refractivity contribution in [2.24, 2.45) is 0 Å². The Labute approximate surface area is 107 Å². The molecule has 1 atom stereocenters. The van der Waals surface area contributed by atoms with E-state index in [1.54, 1.807) is 18.3 Å². The van der Waals surface area contributed by atoms with E-state index < -0.39 is 0 Å². The average molecular weight is 309 g/mol. The molecule has 4 nitrogen and oxygen atoms in total. The van der Waals surface area contributed by atoms with Crippen molar-refractivity contribution >= 4 is 33.2 Å². The molecule has 0 N–H and O–H groups in total. The number of carbonyl (C=O) groups is 1. The zero-order chi connectivity index (χ0) is 12.0. The van der Waals surface area contributed by atoms with Crippen molar-refractivity contribution in [1.29, 1.82) is 0 Å². The van der Waals surface area contributed by atoms with Gasteiger partial charge in [-0.25, -0.2) is 0 Å². The molecule has 0 aromatic carbocycles. The molecular weight excluding hydrogens is 296 g/mol. The van der Waals surface area contributed by atoms with Crippen molar-refractivity contribution < 1.29 is 19.0 Å². The van der Waals surface area contributed by atoms with E-state index in [1.807, 2.05) is 10.8 Å². The van der Waals surface area contributed by atoms with Crippen molar-refractivity contribution in [3.05, 3.63) is 10.8 Å². The monoisotopic (exact) mass is 308 g/mol.